The van der Waals surface area contributed by atoms with E-state index in [9.17, 15) is 5.11 Å². The minimum Gasteiger partial charge on any atom is -0.389 e. The Hall–Kier alpha value is -0.930. The van der Waals surface area contributed by atoms with Gasteiger partial charge in [-0.2, -0.15) is 0 Å². The number of pyridine rings is 1. The zero-order valence-electron chi connectivity index (χ0n) is 8.89. The summed E-state index contributed by atoms with van der Waals surface area (Å²) in [4.78, 5) is 4.13. The molecule has 1 aliphatic rings. The van der Waals surface area contributed by atoms with Crippen molar-refractivity contribution in [1.82, 2.24) is 4.98 Å². The number of aliphatic hydroxyl groups is 1. The summed E-state index contributed by atoms with van der Waals surface area (Å²) in [5, 5.41) is 10.0. The van der Waals surface area contributed by atoms with Gasteiger partial charge in [-0.05, 0) is 43.2 Å². The Kier molecular flexibility index (Phi) is 3.03. The van der Waals surface area contributed by atoms with Crippen molar-refractivity contribution >= 4 is 0 Å². The molecule has 0 bridgehead atoms. The molecule has 1 aromatic heterocycles. The van der Waals surface area contributed by atoms with Crippen LogP contribution in [0.25, 0.3) is 0 Å². The number of hydrogen-bond donors (Lipinski definition) is 2. The van der Waals surface area contributed by atoms with Gasteiger partial charge in [0.05, 0.1) is 5.60 Å². The maximum Gasteiger partial charge on any atom is 0.0769 e. The molecule has 0 aliphatic heterocycles. The summed E-state index contributed by atoms with van der Waals surface area (Å²) in [6, 6.07) is 4.09. The van der Waals surface area contributed by atoms with Crippen molar-refractivity contribution in [2.24, 2.45) is 5.73 Å². The van der Waals surface area contributed by atoms with Gasteiger partial charge in [-0.1, -0.05) is 6.07 Å². The second-order valence-electron chi connectivity index (χ2n) is 4.49. The van der Waals surface area contributed by atoms with Crippen LogP contribution in [-0.2, 0) is 0 Å². The van der Waals surface area contributed by atoms with Crippen LogP contribution in [-0.4, -0.2) is 22.2 Å². The quantitative estimate of drug-likeness (QED) is 0.769. The molecule has 0 amide bonds. The lowest BCUT2D eigenvalue weighted by molar-refractivity contribution is 0.00764. The first-order valence-corrected chi connectivity index (χ1v) is 5.56. The normalized spacial score (nSPS) is 31.5. The minimum atomic E-state index is -0.612. The van der Waals surface area contributed by atoms with Crippen molar-refractivity contribution < 1.29 is 5.11 Å². The van der Waals surface area contributed by atoms with Crippen LogP contribution in [0.3, 0.4) is 0 Å². The van der Waals surface area contributed by atoms with Crippen molar-refractivity contribution in [1.29, 1.82) is 0 Å². The van der Waals surface area contributed by atoms with Crippen LogP contribution in [0.5, 0.6) is 0 Å². The molecule has 1 fully saturated rings. The molecule has 2 rings (SSSR count). The fourth-order valence-electron chi connectivity index (χ4n) is 2.31. The molecule has 1 saturated carbocycles. The number of hydrogen-bond acceptors (Lipinski definition) is 3. The molecule has 0 spiro atoms. The summed E-state index contributed by atoms with van der Waals surface area (Å²) < 4.78 is 0. The average molecular weight is 206 g/mol. The van der Waals surface area contributed by atoms with Crippen LogP contribution < -0.4 is 5.73 Å². The van der Waals surface area contributed by atoms with Gasteiger partial charge in [-0.25, -0.2) is 0 Å². The van der Waals surface area contributed by atoms with E-state index in [0.29, 0.717) is 12.5 Å². The zero-order chi connectivity index (χ0) is 10.7. The Bertz CT molecular complexity index is 305. The summed E-state index contributed by atoms with van der Waals surface area (Å²) in [6.07, 6.45) is 7.37. The van der Waals surface area contributed by atoms with E-state index in [1.807, 2.05) is 12.3 Å². The van der Waals surface area contributed by atoms with Crippen molar-refractivity contribution in [3.63, 3.8) is 0 Å². The third-order valence-electron chi connectivity index (χ3n) is 3.45. The Labute approximate surface area is 90.3 Å². The van der Waals surface area contributed by atoms with E-state index in [1.165, 1.54) is 5.56 Å². The van der Waals surface area contributed by atoms with E-state index in [2.05, 4.69) is 11.1 Å². The van der Waals surface area contributed by atoms with Crippen molar-refractivity contribution in [3.8, 4) is 0 Å². The summed E-state index contributed by atoms with van der Waals surface area (Å²) in [6.45, 7) is 0.382. The van der Waals surface area contributed by atoms with E-state index >= 15 is 0 Å². The van der Waals surface area contributed by atoms with Gasteiger partial charge in [-0.3, -0.25) is 4.98 Å². The van der Waals surface area contributed by atoms with Gasteiger partial charge >= 0.3 is 0 Å². The molecule has 0 radical (unpaired) electrons. The molecule has 0 atom stereocenters. The van der Waals surface area contributed by atoms with Crippen LogP contribution in [0, 0.1) is 0 Å². The standard InChI is InChI=1S/C12H18N2O/c13-9-12(15)5-3-10(4-6-12)11-2-1-7-14-8-11/h1-2,7-8,10,15H,3-6,9,13H2. The van der Waals surface area contributed by atoms with E-state index in [0.717, 1.165) is 25.7 Å². The second kappa shape index (κ2) is 4.29. The van der Waals surface area contributed by atoms with E-state index in [4.69, 9.17) is 5.73 Å². The Morgan fingerprint density at radius 3 is 2.73 bits per heavy atom. The number of rotatable bonds is 2. The molecule has 0 aromatic carbocycles. The molecule has 82 valence electrons. The molecule has 0 unspecified atom stereocenters. The first-order valence-electron chi connectivity index (χ1n) is 5.56. The predicted molar refractivity (Wildman–Crippen MR) is 59.5 cm³/mol. The van der Waals surface area contributed by atoms with Crippen molar-refractivity contribution in [2.75, 3.05) is 6.54 Å². The largest absolute Gasteiger partial charge is 0.389 e. The van der Waals surface area contributed by atoms with Gasteiger partial charge in [0.2, 0.25) is 0 Å². The van der Waals surface area contributed by atoms with Gasteiger partial charge in [-0.15, -0.1) is 0 Å². The predicted octanol–water partition coefficient (Wildman–Crippen LogP) is 1.43. The van der Waals surface area contributed by atoms with Gasteiger partial charge in [0.25, 0.3) is 0 Å². The molecule has 1 aliphatic carbocycles. The number of nitrogens with two attached hydrogens (primary N) is 1. The summed E-state index contributed by atoms with van der Waals surface area (Å²) in [7, 11) is 0. The van der Waals surface area contributed by atoms with Crippen LogP contribution >= 0.6 is 0 Å². The highest BCUT2D eigenvalue weighted by atomic mass is 16.3. The first kappa shape index (κ1) is 10.6. The fourth-order valence-corrected chi connectivity index (χ4v) is 2.31. The topological polar surface area (TPSA) is 59.1 Å². The molecular formula is C12H18N2O. The van der Waals surface area contributed by atoms with Gasteiger partial charge in [0.15, 0.2) is 0 Å². The minimum absolute atomic E-state index is 0.382. The molecule has 15 heavy (non-hydrogen) atoms. The highest BCUT2D eigenvalue weighted by Crippen LogP contribution is 2.36. The first-order chi connectivity index (χ1) is 7.23. The van der Waals surface area contributed by atoms with Gasteiger partial charge < -0.3 is 10.8 Å². The average Bonchev–Trinajstić information content (AvgIpc) is 2.31. The maximum absolute atomic E-state index is 10.0. The lowest BCUT2D eigenvalue weighted by Crippen LogP contribution is -2.40. The highest BCUT2D eigenvalue weighted by molar-refractivity contribution is 5.16. The summed E-state index contributed by atoms with van der Waals surface area (Å²) in [5.74, 6) is 0.547. The molecule has 1 heterocycles. The molecule has 1 aromatic rings. The molecule has 3 N–H and O–H groups in total. The Morgan fingerprint density at radius 2 is 2.20 bits per heavy atom. The SMILES string of the molecule is NCC1(O)CCC(c2cccnc2)CC1. The third-order valence-corrected chi connectivity index (χ3v) is 3.45. The Balaban J connectivity index is 2.00. The fraction of sp³-hybridized carbons (Fsp3) is 0.583. The lowest BCUT2D eigenvalue weighted by Gasteiger charge is -2.35. The van der Waals surface area contributed by atoms with E-state index in [-0.39, 0.29) is 0 Å². The highest BCUT2D eigenvalue weighted by Gasteiger charge is 2.32. The second-order valence-corrected chi connectivity index (χ2v) is 4.49. The van der Waals surface area contributed by atoms with Crippen LogP contribution in [0.15, 0.2) is 24.5 Å². The molecule has 3 heteroatoms. The number of aromatic nitrogens is 1. The molecule has 3 nitrogen and oxygen atoms in total. The zero-order valence-corrected chi connectivity index (χ0v) is 8.89. The number of nitrogens with zero attached hydrogens (tertiary/aromatic N) is 1. The monoisotopic (exact) mass is 206 g/mol. The van der Waals surface area contributed by atoms with Crippen LogP contribution in [0.1, 0.15) is 37.2 Å². The van der Waals surface area contributed by atoms with Crippen LogP contribution in [0.2, 0.25) is 0 Å². The summed E-state index contributed by atoms with van der Waals surface area (Å²) in [5.41, 5.74) is 6.24. The van der Waals surface area contributed by atoms with E-state index in [1.54, 1.807) is 6.20 Å². The smallest absolute Gasteiger partial charge is 0.0769 e. The molecular weight excluding hydrogens is 188 g/mol. The molecule has 0 saturated heterocycles. The van der Waals surface area contributed by atoms with Crippen molar-refractivity contribution in [2.45, 2.75) is 37.2 Å². The van der Waals surface area contributed by atoms with Gasteiger partial charge in [0, 0.05) is 18.9 Å². The van der Waals surface area contributed by atoms with Crippen molar-refractivity contribution in [3.05, 3.63) is 30.1 Å². The lowest BCUT2D eigenvalue weighted by atomic mass is 9.76. The summed E-state index contributed by atoms with van der Waals surface area (Å²) >= 11 is 0. The van der Waals surface area contributed by atoms with Gasteiger partial charge in [0.1, 0.15) is 0 Å². The Morgan fingerprint density at radius 1 is 1.47 bits per heavy atom. The third kappa shape index (κ3) is 2.36. The van der Waals surface area contributed by atoms with E-state index < -0.39 is 5.60 Å². The van der Waals surface area contributed by atoms with Crippen LogP contribution in [0.4, 0.5) is 0 Å². The maximum atomic E-state index is 10.0.